The van der Waals surface area contributed by atoms with E-state index >= 15 is 0 Å². The molecule has 1 aromatic rings. The molecule has 1 fully saturated rings. The molecule has 0 bridgehead atoms. The van der Waals surface area contributed by atoms with Crippen molar-refractivity contribution in [2.75, 3.05) is 32.1 Å². The standard InChI is InChI=1S/C14H16F2N2O3/c1-21-14(20)9-2-3-18(7-9)8-13(19)17-12-5-10(15)4-11(16)6-12/h4-6,9H,2-3,7-8H2,1H3,(H,17,19). The maximum absolute atomic E-state index is 13.0. The second-order valence-corrected chi connectivity index (χ2v) is 4.95. The van der Waals surface area contributed by atoms with Gasteiger partial charge in [0.2, 0.25) is 5.91 Å². The van der Waals surface area contributed by atoms with Gasteiger partial charge in [-0.15, -0.1) is 0 Å². The molecule has 1 aliphatic heterocycles. The van der Waals surface area contributed by atoms with Crippen molar-refractivity contribution in [2.45, 2.75) is 6.42 Å². The van der Waals surface area contributed by atoms with Gasteiger partial charge in [-0.25, -0.2) is 8.78 Å². The van der Waals surface area contributed by atoms with Gasteiger partial charge in [0.15, 0.2) is 0 Å². The van der Waals surface area contributed by atoms with Gasteiger partial charge in [0.05, 0.1) is 19.6 Å². The van der Waals surface area contributed by atoms with Crippen molar-refractivity contribution in [3.63, 3.8) is 0 Å². The summed E-state index contributed by atoms with van der Waals surface area (Å²) in [6.45, 7) is 1.11. The van der Waals surface area contributed by atoms with Gasteiger partial charge in [-0.05, 0) is 25.1 Å². The van der Waals surface area contributed by atoms with Gasteiger partial charge < -0.3 is 10.1 Å². The number of carbonyl (C=O) groups is 2. The fourth-order valence-electron chi connectivity index (χ4n) is 2.36. The van der Waals surface area contributed by atoms with E-state index in [9.17, 15) is 18.4 Å². The monoisotopic (exact) mass is 298 g/mol. The van der Waals surface area contributed by atoms with Crippen molar-refractivity contribution in [1.29, 1.82) is 0 Å². The van der Waals surface area contributed by atoms with Crippen molar-refractivity contribution < 1.29 is 23.1 Å². The topological polar surface area (TPSA) is 58.6 Å². The van der Waals surface area contributed by atoms with Gasteiger partial charge in [-0.1, -0.05) is 0 Å². The Morgan fingerprint density at radius 3 is 2.62 bits per heavy atom. The lowest BCUT2D eigenvalue weighted by molar-refractivity contribution is -0.145. The fourth-order valence-corrected chi connectivity index (χ4v) is 2.36. The number of halogens is 2. The first kappa shape index (κ1) is 15.4. The second kappa shape index (κ2) is 6.62. The van der Waals surface area contributed by atoms with Crippen LogP contribution < -0.4 is 5.32 Å². The molecule has 114 valence electrons. The van der Waals surface area contributed by atoms with E-state index in [1.54, 1.807) is 4.90 Å². The lowest BCUT2D eigenvalue weighted by atomic mass is 10.1. The molecular weight excluding hydrogens is 282 g/mol. The zero-order chi connectivity index (χ0) is 15.4. The number of hydrogen-bond donors (Lipinski definition) is 1. The average molecular weight is 298 g/mol. The molecule has 1 heterocycles. The summed E-state index contributed by atoms with van der Waals surface area (Å²) in [5.74, 6) is -2.40. The first-order valence-electron chi connectivity index (χ1n) is 6.54. The van der Waals surface area contributed by atoms with Crippen LogP contribution >= 0.6 is 0 Å². The number of anilines is 1. The number of ether oxygens (including phenoxy) is 1. The smallest absolute Gasteiger partial charge is 0.310 e. The lowest BCUT2D eigenvalue weighted by Gasteiger charge is -2.15. The Morgan fingerprint density at radius 1 is 1.33 bits per heavy atom. The second-order valence-electron chi connectivity index (χ2n) is 4.95. The molecule has 1 atom stereocenters. The third-order valence-corrected chi connectivity index (χ3v) is 3.32. The van der Waals surface area contributed by atoms with Crippen LogP contribution in [0.2, 0.25) is 0 Å². The molecule has 7 heteroatoms. The molecule has 0 radical (unpaired) electrons. The Morgan fingerprint density at radius 2 is 2.00 bits per heavy atom. The molecule has 21 heavy (non-hydrogen) atoms. The Bertz CT molecular complexity index is 531. The number of likely N-dealkylation sites (tertiary alicyclic amines) is 1. The number of amides is 1. The van der Waals surface area contributed by atoms with Gasteiger partial charge >= 0.3 is 5.97 Å². The maximum Gasteiger partial charge on any atom is 0.310 e. The highest BCUT2D eigenvalue weighted by molar-refractivity contribution is 5.92. The third-order valence-electron chi connectivity index (χ3n) is 3.32. The highest BCUT2D eigenvalue weighted by Crippen LogP contribution is 2.18. The summed E-state index contributed by atoms with van der Waals surface area (Å²) in [7, 11) is 1.33. The van der Waals surface area contributed by atoms with Gasteiger partial charge in [0.25, 0.3) is 0 Å². The normalized spacial score (nSPS) is 18.5. The minimum atomic E-state index is -0.753. The molecule has 1 amide bonds. The van der Waals surface area contributed by atoms with Crippen LogP contribution in [0.1, 0.15) is 6.42 Å². The molecule has 1 N–H and O–H groups in total. The number of rotatable bonds is 4. The molecule has 0 saturated carbocycles. The zero-order valence-electron chi connectivity index (χ0n) is 11.6. The number of nitrogens with zero attached hydrogens (tertiary/aromatic N) is 1. The summed E-state index contributed by atoms with van der Waals surface area (Å²) < 4.78 is 30.7. The first-order valence-corrected chi connectivity index (χ1v) is 6.54. The van der Waals surface area contributed by atoms with E-state index in [1.165, 1.54) is 7.11 Å². The Hall–Kier alpha value is -2.02. The predicted molar refractivity (Wildman–Crippen MR) is 71.6 cm³/mol. The number of benzene rings is 1. The van der Waals surface area contributed by atoms with E-state index in [0.717, 1.165) is 18.2 Å². The Kier molecular flexibility index (Phi) is 4.85. The van der Waals surface area contributed by atoms with Crippen LogP contribution in [0, 0.1) is 17.6 Å². The molecule has 1 aromatic carbocycles. The fraction of sp³-hybridized carbons (Fsp3) is 0.429. The van der Waals surface area contributed by atoms with Crippen molar-refractivity contribution in [1.82, 2.24) is 4.90 Å². The van der Waals surface area contributed by atoms with Crippen LogP contribution in [-0.4, -0.2) is 43.5 Å². The van der Waals surface area contributed by atoms with Crippen LogP contribution in [0.15, 0.2) is 18.2 Å². The molecule has 1 saturated heterocycles. The highest BCUT2D eigenvalue weighted by atomic mass is 19.1. The molecule has 1 unspecified atom stereocenters. The Labute approximate surface area is 120 Å². The molecule has 5 nitrogen and oxygen atoms in total. The highest BCUT2D eigenvalue weighted by Gasteiger charge is 2.29. The molecule has 1 aliphatic rings. The van der Waals surface area contributed by atoms with E-state index in [2.05, 4.69) is 10.1 Å². The van der Waals surface area contributed by atoms with E-state index in [4.69, 9.17) is 0 Å². The van der Waals surface area contributed by atoms with Gasteiger partial charge in [-0.3, -0.25) is 14.5 Å². The van der Waals surface area contributed by atoms with Crippen LogP contribution in [0.3, 0.4) is 0 Å². The number of esters is 1. The van der Waals surface area contributed by atoms with Crippen molar-refractivity contribution in [3.8, 4) is 0 Å². The zero-order valence-corrected chi connectivity index (χ0v) is 11.6. The SMILES string of the molecule is COC(=O)C1CCN(CC(=O)Nc2cc(F)cc(F)c2)C1. The van der Waals surface area contributed by atoms with Crippen molar-refractivity contribution >= 4 is 17.6 Å². The van der Waals surface area contributed by atoms with Gasteiger partial charge in [-0.2, -0.15) is 0 Å². The summed E-state index contributed by atoms with van der Waals surface area (Å²) in [6, 6.07) is 2.82. The van der Waals surface area contributed by atoms with E-state index in [1.807, 2.05) is 0 Å². The van der Waals surface area contributed by atoms with Crippen LogP contribution in [0.5, 0.6) is 0 Å². The maximum atomic E-state index is 13.0. The summed E-state index contributed by atoms with van der Waals surface area (Å²) in [5, 5.41) is 2.43. The largest absolute Gasteiger partial charge is 0.469 e. The Balaban J connectivity index is 1.86. The first-order chi connectivity index (χ1) is 9.97. The van der Waals surface area contributed by atoms with Crippen molar-refractivity contribution in [3.05, 3.63) is 29.8 Å². The number of hydrogen-bond acceptors (Lipinski definition) is 4. The number of nitrogens with one attached hydrogen (secondary N) is 1. The molecule has 0 spiro atoms. The molecule has 0 aromatic heterocycles. The van der Waals surface area contributed by atoms with Crippen LogP contribution in [0.25, 0.3) is 0 Å². The summed E-state index contributed by atoms with van der Waals surface area (Å²) in [5.41, 5.74) is 0.0706. The summed E-state index contributed by atoms with van der Waals surface area (Å²) in [6.07, 6.45) is 0.633. The third kappa shape index (κ3) is 4.22. The molecular formula is C14H16F2N2O3. The average Bonchev–Trinajstić information content (AvgIpc) is 2.84. The quantitative estimate of drug-likeness (QED) is 0.854. The van der Waals surface area contributed by atoms with E-state index in [0.29, 0.717) is 19.5 Å². The molecule has 2 rings (SSSR count). The predicted octanol–water partition coefficient (Wildman–Crippen LogP) is 1.40. The van der Waals surface area contributed by atoms with Gasteiger partial charge in [0.1, 0.15) is 11.6 Å². The molecule has 0 aliphatic carbocycles. The van der Waals surface area contributed by atoms with E-state index < -0.39 is 11.6 Å². The van der Waals surface area contributed by atoms with E-state index in [-0.39, 0.29) is 30.0 Å². The number of methoxy groups -OCH3 is 1. The minimum Gasteiger partial charge on any atom is -0.469 e. The minimum absolute atomic E-state index is 0.0611. The summed E-state index contributed by atoms with van der Waals surface area (Å²) >= 11 is 0. The van der Waals surface area contributed by atoms with Crippen molar-refractivity contribution in [2.24, 2.45) is 5.92 Å². The lowest BCUT2D eigenvalue weighted by Crippen LogP contribution is -2.32. The van der Waals surface area contributed by atoms with Crippen LogP contribution in [0.4, 0.5) is 14.5 Å². The number of carbonyl (C=O) groups excluding carboxylic acids is 2. The van der Waals surface area contributed by atoms with Crippen LogP contribution in [-0.2, 0) is 14.3 Å². The summed E-state index contributed by atoms with van der Waals surface area (Å²) in [4.78, 5) is 25.0. The van der Waals surface area contributed by atoms with Gasteiger partial charge in [0, 0.05) is 18.3 Å².